The number of ether oxygens (including phenoxy) is 3. The van der Waals surface area contributed by atoms with Crippen molar-refractivity contribution in [1.29, 1.82) is 0 Å². The van der Waals surface area contributed by atoms with E-state index < -0.39 is 19.0 Å². The molecular weight excluding hydrogens is 318 g/mol. The molecule has 0 fully saturated rings. The van der Waals surface area contributed by atoms with Crippen LogP contribution in [0.2, 0.25) is 0 Å². The van der Waals surface area contributed by atoms with Gasteiger partial charge < -0.3 is 14.2 Å². The molecule has 0 bridgehead atoms. The highest BCUT2D eigenvalue weighted by molar-refractivity contribution is 5.90. The SMILES string of the molecule is CCOC(=O)c1ccc(OCc2ccccc2)c(OCC(F)F)c1. The number of benzene rings is 2. The highest BCUT2D eigenvalue weighted by Gasteiger charge is 2.14. The van der Waals surface area contributed by atoms with Gasteiger partial charge >= 0.3 is 5.97 Å². The van der Waals surface area contributed by atoms with Gasteiger partial charge in [0.05, 0.1) is 12.2 Å². The van der Waals surface area contributed by atoms with E-state index in [0.717, 1.165) is 5.56 Å². The van der Waals surface area contributed by atoms with Crippen molar-refractivity contribution in [3.63, 3.8) is 0 Å². The Balaban J connectivity index is 2.16. The number of halogens is 2. The van der Waals surface area contributed by atoms with Crippen LogP contribution in [-0.2, 0) is 11.3 Å². The van der Waals surface area contributed by atoms with E-state index in [1.54, 1.807) is 6.92 Å². The fraction of sp³-hybridized carbons (Fsp3) is 0.278. The minimum Gasteiger partial charge on any atom is -0.485 e. The molecule has 0 unspecified atom stereocenters. The summed E-state index contributed by atoms with van der Waals surface area (Å²) in [7, 11) is 0. The lowest BCUT2D eigenvalue weighted by atomic mass is 10.2. The fourth-order valence-electron chi connectivity index (χ4n) is 1.97. The van der Waals surface area contributed by atoms with E-state index in [1.165, 1.54) is 18.2 Å². The van der Waals surface area contributed by atoms with Gasteiger partial charge in [0.25, 0.3) is 6.43 Å². The quantitative estimate of drug-likeness (QED) is 0.681. The molecule has 0 N–H and O–H groups in total. The average Bonchev–Trinajstić information content (AvgIpc) is 2.59. The lowest BCUT2D eigenvalue weighted by molar-refractivity contribution is 0.0525. The van der Waals surface area contributed by atoms with Crippen LogP contribution in [0.1, 0.15) is 22.8 Å². The Morgan fingerprint density at radius 1 is 1.04 bits per heavy atom. The van der Waals surface area contributed by atoms with Crippen molar-refractivity contribution in [3.05, 3.63) is 59.7 Å². The van der Waals surface area contributed by atoms with Crippen molar-refractivity contribution >= 4 is 5.97 Å². The zero-order valence-electron chi connectivity index (χ0n) is 13.2. The number of rotatable bonds is 8. The third-order valence-electron chi connectivity index (χ3n) is 3.06. The zero-order chi connectivity index (χ0) is 17.4. The molecule has 0 aliphatic rings. The largest absolute Gasteiger partial charge is 0.485 e. The van der Waals surface area contributed by atoms with E-state index in [1.807, 2.05) is 30.3 Å². The molecule has 6 heteroatoms. The molecule has 2 rings (SSSR count). The standard InChI is InChI=1S/C18H18F2O4/c1-2-22-18(21)14-8-9-15(16(10-14)24-12-17(19)20)23-11-13-6-4-3-5-7-13/h3-10,17H,2,11-12H2,1H3. The number of carbonyl (C=O) groups is 1. The maximum Gasteiger partial charge on any atom is 0.338 e. The molecule has 2 aromatic carbocycles. The summed E-state index contributed by atoms with van der Waals surface area (Å²) in [6.07, 6.45) is -2.63. The summed E-state index contributed by atoms with van der Waals surface area (Å²) in [5.41, 5.74) is 1.14. The molecule has 0 heterocycles. The first-order valence-corrected chi connectivity index (χ1v) is 7.49. The minimum atomic E-state index is -2.63. The lowest BCUT2D eigenvalue weighted by Gasteiger charge is -2.14. The number of esters is 1. The third-order valence-corrected chi connectivity index (χ3v) is 3.06. The lowest BCUT2D eigenvalue weighted by Crippen LogP contribution is -2.10. The van der Waals surface area contributed by atoms with Crippen LogP contribution in [0.25, 0.3) is 0 Å². The van der Waals surface area contributed by atoms with Gasteiger partial charge in [0, 0.05) is 0 Å². The minimum absolute atomic E-state index is 0.0804. The smallest absolute Gasteiger partial charge is 0.338 e. The predicted octanol–water partition coefficient (Wildman–Crippen LogP) is 4.09. The second kappa shape index (κ2) is 8.86. The van der Waals surface area contributed by atoms with Gasteiger partial charge in [-0.2, -0.15) is 0 Å². The van der Waals surface area contributed by atoms with Crippen LogP contribution in [0.4, 0.5) is 8.78 Å². The first kappa shape index (κ1) is 17.7. The van der Waals surface area contributed by atoms with Gasteiger partial charge in [-0.1, -0.05) is 30.3 Å². The molecule has 0 aliphatic heterocycles. The average molecular weight is 336 g/mol. The second-order valence-electron chi connectivity index (χ2n) is 4.86. The summed E-state index contributed by atoms with van der Waals surface area (Å²) in [5, 5.41) is 0. The van der Waals surface area contributed by atoms with Crippen molar-refractivity contribution in [2.45, 2.75) is 20.0 Å². The van der Waals surface area contributed by atoms with Crippen LogP contribution in [0.15, 0.2) is 48.5 Å². The summed E-state index contributed by atoms with van der Waals surface area (Å²) in [6, 6.07) is 13.8. The number of carbonyl (C=O) groups excluding carboxylic acids is 1. The molecule has 0 atom stereocenters. The zero-order valence-corrected chi connectivity index (χ0v) is 13.2. The Morgan fingerprint density at radius 3 is 2.46 bits per heavy atom. The number of hydrogen-bond acceptors (Lipinski definition) is 4. The van der Waals surface area contributed by atoms with Crippen molar-refractivity contribution in [3.8, 4) is 11.5 Å². The van der Waals surface area contributed by atoms with Crippen LogP contribution in [-0.4, -0.2) is 25.6 Å². The highest BCUT2D eigenvalue weighted by Crippen LogP contribution is 2.30. The number of hydrogen-bond donors (Lipinski definition) is 0. The molecule has 0 saturated heterocycles. The Hall–Kier alpha value is -2.63. The normalized spacial score (nSPS) is 10.5. The highest BCUT2D eigenvalue weighted by atomic mass is 19.3. The van der Waals surface area contributed by atoms with Crippen molar-refractivity contribution in [2.24, 2.45) is 0 Å². The molecule has 0 saturated carbocycles. The molecular formula is C18H18F2O4. The molecule has 0 aliphatic carbocycles. The fourth-order valence-corrected chi connectivity index (χ4v) is 1.97. The molecule has 2 aromatic rings. The molecule has 128 valence electrons. The van der Waals surface area contributed by atoms with Crippen LogP contribution in [0, 0.1) is 0 Å². The van der Waals surface area contributed by atoms with Crippen molar-refractivity contribution < 1.29 is 27.8 Å². The third kappa shape index (κ3) is 5.22. The van der Waals surface area contributed by atoms with Crippen molar-refractivity contribution in [1.82, 2.24) is 0 Å². The molecule has 24 heavy (non-hydrogen) atoms. The van der Waals surface area contributed by atoms with E-state index in [9.17, 15) is 13.6 Å². The van der Waals surface area contributed by atoms with Crippen LogP contribution in [0.5, 0.6) is 11.5 Å². The van der Waals surface area contributed by atoms with Crippen LogP contribution >= 0.6 is 0 Å². The van der Waals surface area contributed by atoms with E-state index >= 15 is 0 Å². The number of alkyl halides is 2. The Morgan fingerprint density at radius 2 is 1.79 bits per heavy atom. The van der Waals surface area contributed by atoms with Gasteiger partial charge in [-0.3, -0.25) is 0 Å². The summed E-state index contributed by atoms with van der Waals surface area (Å²) >= 11 is 0. The van der Waals surface area contributed by atoms with Crippen LogP contribution in [0.3, 0.4) is 0 Å². The van der Waals surface area contributed by atoms with Gasteiger partial charge in [-0.15, -0.1) is 0 Å². The topological polar surface area (TPSA) is 44.8 Å². The Kier molecular flexibility index (Phi) is 6.54. The molecule has 0 spiro atoms. The molecule has 0 aromatic heterocycles. The van der Waals surface area contributed by atoms with E-state index in [4.69, 9.17) is 14.2 Å². The van der Waals surface area contributed by atoms with Crippen LogP contribution < -0.4 is 9.47 Å². The first-order valence-electron chi connectivity index (χ1n) is 7.49. The van der Waals surface area contributed by atoms with Gasteiger partial charge in [0.1, 0.15) is 13.2 Å². The van der Waals surface area contributed by atoms with Gasteiger partial charge in [-0.05, 0) is 30.7 Å². The first-order chi connectivity index (χ1) is 11.6. The summed E-state index contributed by atoms with van der Waals surface area (Å²) in [6.45, 7) is 1.38. The second-order valence-corrected chi connectivity index (χ2v) is 4.86. The van der Waals surface area contributed by atoms with E-state index in [-0.39, 0.29) is 30.3 Å². The Labute approximate surface area is 139 Å². The van der Waals surface area contributed by atoms with Gasteiger partial charge in [0.15, 0.2) is 11.5 Å². The van der Waals surface area contributed by atoms with E-state index in [2.05, 4.69) is 0 Å². The molecule has 0 amide bonds. The van der Waals surface area contributed by atoms with Gasteiger partial charge in [0.2, 0.25) is 0 Å². The Bertz CT molecular complexity index is 659. The predicted molar refractivity (Wildman–Crippen MR) is 84.7 cm³/mol. The summed E-state index contributed by atoms with van der Waals surface area (Å²) in [5.74, 6) is -0.182. The summed E-state index contributed by atoms with van der Waals surface area (Å²) < 4.78 is 40.4. The molecule has 4 nitrogen and oxygen atoms in total. The van der Waals surface area contributed by atoms with Gasteiger partial charge in [-0.25, -0.2) is 13.6 Å². The maximum absolute atomic E-state index is 12.4. The van der Waals surface area contributed by atoms with Crippen molar-refractivity contribution in [2.75, 3.05) is 13.2 Å². The van der Waals surface area contributed by atoms with E-state index in [0.29, 0.717) is 0 Å². The summed E-state index contributed by atoms with van der Waals surface area (Å²) in [4.78, 5) is 11.8. The monoisotopic (exact) mass is 336 g/mol. The molecule has 0 radical (unpaired) electrons. The maximum atomic E-state index is 12.4.